The molecule has 0 aliphatic heterocycles. The number of hydrogen-bond donors (Lipinski definition) is 0. The lowest BCUT2D eigenvalue weighted by Gasteiger charge is -2.16. The van der Waals surface area contributed by atoms with Crippen molar-refractivity contribution in [3.8, 4) is 0 Å². The average Bonchev–Trinajstić information content (AvgIpc) is 2.62. The molecule has 1 heterocycles. The van der Waals surface area contributed by atoms with Gasteiger partial charge in [-0.05, 0) is 29.8 Å². The molecule has 0 aromatic carbocycles. The lowest BCUT2D eigenvalue weighted by atomic mass is 9.89. The van der Waals surface area contributed by atoms with E-state index in [0.717, 1.165) is 29.8 Å². The summed E-state index contributed by atoms with van der Waals surface area (Å²) < 4.78 is 3.88. The summed E-state index contributed by atoms with van der Waals surface area (Å²) in [5.41, 5.74) is 1.09. The molecule has 0 aliphatic carbocycles. The standard InChI is InChI=1S/C12H20N2OS/c1-5-6-9-11(16-14-13-9)10(15)7-8-12(2,3)4/h5-8H2,1-4H3. The number of nitrogens with zero attached hydrogens (tertiary/aromatic N) is 2. The topological polar surface area (TPSA) is 42.9 Å². The number of aryl methyl sites for hydroxylation is 1. The quantitative estimate of drug-likeness (QED) is 0.740. The van der Waals surface area contributed by atoms with E-state index in [0.29, 0.717) is 6.42 Å². The van der Waals surface area contributed by atoms with Crippen LogP contribution in [0.1, 0.15) is 62.3 Å². The van der Waals surface area contributed by atoms with Gasteiger partial charge in [-0.25, -0.2) is 0 Å². The molecule has 0 saturated carbocycles. The summed E-state index contributed by atoms with van der Waals surface area (Å²) >= 11 is 1.24. The Balaban J connectivity index is 2.62. The van der Waals surface area contributed by atoms with Crippen molar-refractivity contribution in [2.45, 2.75) is 53.4 Å². The average molecular weight is 240 g/mol. The summed E-state index contributed by atoms with van der Waals surface area (Å²) in [6.07, 6.45) is 3.37. The Morgan fingerprint density at radius 3 is 2.62 bits per heavy atom. The minimum Gasteiger partial charge on any atom is -0.293 e. The van der Waals surface area contributed by atoms with Gasteiger partial charge in [0.25, 0.3) is 0 Å². The first-order valence-electron chi connectivity index (χ1n) is 5.78. The van der Waals surface area contributed by atoms with E-state index in [2.05, 4.69) is 37.3 Å². The first kappa shape index (κ1) is 13.3. The molecule has 0 N–H and O–H groups in total. The van der Waals surface area contributed by atoms with Crippen LogP contribution in [0.4, 0.5) is 0 Å². The number of ketones is 1. The predicted molar refractivity (Wildman–Crippen MR) is 66.9 cm³/mol. The molecule has 0 aliphatic rings. The Labute approximate surface area is 101 Å². The van der Waals surface area contributed by atoms with Crippen molar-refractivity contribution in [2.75, 3.05) is 0 Å². The molecule has 0 unspecified atom stereocenters. The number of carbonyl (C=O) groups excluding carboxylic acids is 1. The maximum Gasteiger partial charge on any atom is 0.176 e. The van der Waals surface area contributed by atoms with Gasteiger partial charge in [0.15, 0.2) is 5.78 Å². The van der Waals surface area contributed by atoms with Gasteiger partial charge >= 0.3 is 0 Å². The summed E-state index contributed by atoms with van der Waals surface area (Å²) in [7, 11) is 0. The minimum absolute atomic E-state index is 0.202. The van der Waals surface area contributed by atoms with Crippen molar-refractivity contribution >= 4 is 17.3 Å². The Morgan fingerprint density at radius 2 is 2.06 bits per heavy atom. The van der Waals surface area contributed by atoms with Gasteiger partial charge in [-0.1, -0.05) is 38.6 Å². The van der Waals surface area contributed by atoms with Crippen molar-refractivity contribution in [1.82, 2.24) is 9.59 Å². The lowest BCUT2D eigenvalue weighted by Crippen LogP contribution is -2.09. The smallest absolute Gasteiger partial charge is 0.176 e. The molecule has 1 aromatic heterocycles. The highest BCUT2D eigenvalue weighted by molar-refractivity contribution is 7.08. The van der Waals surface area contributed by atoms with Gasteiger partial charge in [-0.15, -0.1) is 5.10 Å². The van der Waals surface area contributed by atoms with E-state index in [1.165, 1.54) is 11.5 Å². The highest BCUT2D eigenvalue weighted by Gasteiger charge is 2.18. The van der Waals surface area contributed by atoms with E-state index in [-0.39, 0.29) is 11.2 Å². The molecular formula is C12H20N2OS. The van der Waals surface area contributed by atoms with Crippen LogP contribution in [0.15, 0.2) is 0 Å². The maximum atomic E-state index is 12.0. The number of rotatable bonds is 5. The van der Waals surface area contributed by atoms with Crippen LogP contribution in [0, 0.1) is 5.41 Å². The summed E-state index contributed by atoms with van der Waals surface area (Å²) in [5, 5.41) is 4.02. The van der Waals surface area contributed by atoms with E-state index in [1.807, 2.05) is 0 Å². The Hall–Kier alpha value is -0.770. The predicted octanol–water partition coefficient (Wildman–Crippen LogP) is 3.50. The second-order valence-electron chi connectivity index (χ2n) is 5.28. The Kier molecular flexibility index (Phi) is 4.59. The molecule has 16 heavy (non-hydrogen) atoms. The van der Waals surface area contributed by atoms with Gasteiger partial charge in [0, 0.05) is 6.42 Å². The number of Topliss-reactive ketones (excluding diaryl/α,β-unsaturated/α-hetero) is 1. The lowest BCUT2D eigenvalue weighted by molar-refractivity contribution is 0.0969. The van der Waals surface area contributed by atoms with E-state index < -0.39 is 0 Å². The monoisotopic (exact) mass is 240 g/mol. The third kappa shape index (κ3) is 4.00. The van der Waals surface area contributed by atoms with E-state index in [4.69, 9.17) is 0 Å². The van der Waals surface area contributed by atoms with Crippen LogP contribution in [0.5, 0.6) is 0 Å². The van der Waals surface area contributed by atoms with Crippen molar-refractivity contribution in [2.24, 2.45) is 5.41 Å². The largest absolute Gasteiger partial charge is 0.293 e. The molecule has 1 rings (SSSR count). The molecule has 0 amide bonds. The molecule has 1 aromatic rings. The fourth-order valence-corrected chi connectivity index (χ4v) is 2.10. The van der Waals surface area contributed by atoms with Gasteiger partial charge in [-0.3, -0.25) is 4.79 Å². The van der Waals surface area contributed by atoms with Crippen LogP contribution in [-0.4, -0.2) is 15.4 Å². The van der Waals surface area contributed by atoms with Crippen molar-refractivity contribution in [3.63, 3.8) is 0 Å². The zero-order valence-corrected chi connectivity index (χ0v) is 11.4. The van der Waals surface area contributed by atoms with Gasteiger partial charge in [-0.2, -0.15) is 0 Å². The second-order valence-corrected chi connectivity index (χ2v) is 6.04. The molecule has 0 spiro atoms. The van der Waals surface area contributed by atoms with Gasteiger partial charge in [0.1, 0.15) is 4.88 Å². The molecular weight excluding hydrogens is 220 g/mol. The summed E-state index contributed by atoms with van der Waals surface area (Å²) in [6.45, 7) is 8.54. The molecule has 0 saturated heterocycles. The van der Waals surface area contributed by atoms with Crippen molar-refractivity contribution in [1.29, 1.82) is 0 Å². The zero-order chi connectivity index (χ0) is 12.2. The summed E-state index contributed by atoms with van der Waals surface area (Å²) in [6, 6.07) is 0. The van der Waals surface area contributed by atoms with Crippen LogP contribution < -0.4 is 0 Å². The van der Waals surface area contributed by atoms with Crippen LogP contribution in [0.2, 0.25) is 0 Å². The number of hydrogen-bond acceptors (Lipinski definition) is 4. The molecule has 4 heteroatoms. The van der Waals surface area contributed by atoms with Gasteiger partial charge in [0.2, 0.25) is 0 Å². The third-order valence-corrected chi connectivity index (χ3v) is 3.21. The van der Waals surface area contributed by atoms with Crippen LogP contribution >= 0.6 is 11.5 Å². The first-order chi connectivity index (χ1) is 7.44. The molecule has 90 valence electrons. The Morgan fingerprint density at radius 1 is 1.38 bits per heavy atom. The Bertz CT molecular complexity index is 352. The highest BCUT2D eigenvalue weighted by atomic mass is 32.1. The van der Waals surface area contributed by atoms with Crippen molar-refractivity contribution in [3.05, 3.63) is 10.6 Å². The van der Waals surface area contributed by atoms with E-state index >= 15 is 0 Å². The normalized spacial score (nSPS) is 11.8. The molecule has 3 nitrogen and oxygen atoms in total. The van der Waals surface area contributed by atoms with Crippen LogP contribution in [-0.2, 0) is 6.42 Å². The maximum absolute atomic E-state index is 12.0. The zero-order valence-electron chi connectivity index (χ0n) is 10.5. The molecule has 0 atom stereocenters. The number of aromatic nitrogens is 2. The van der Waals surface area contributed by atoms with E-state index in [1.54, 1.807) is 0 Å². The highest BCUT2D eigenvalue weighted by Crippen LogP contribution is 2.23. The first-order valence-corrected chi connectivity index (χ1v) is 6.56. The van der Waals surface area contributed by atoms with E-state index in [9.17, 15) is 4.79 Å². The summed E-state index contributed by atoms with van der Waals surface area (Å²) in [5.74, 6) is 0.202. The minimum atomic E-state index is 0.202. The van der Waals surface area contributed by atoms with Gasteiger partial charge < -0.3 is 0 Å². The van der Waals surface area contributed by atoms with Crippen molar-refractivity contribution < 1.29 is 4.79 Å². The fourth-order valence-electron chi connectivity index (χ4n) is 1.42. The summed E-state index contributed by atoms with van der Waals surface area (Å²) in [4.78, 5) is 12.7. The molecule has 0 bridgehead atoms. The van der Waals surface area contributed by atoms with Crippen LogP contribution in [0.25, 0.3) is 0 Å². The molecule has 0 radical (unpaired) electrons. The van der Waals surface area contributed by atoms with Crippen LogP contribution in [0.3, 0.4) is 0 Å². The number of carbonyl (C=O) groups is 1. The third-order valence-electron chi connectivity index (χ3n) is 2.40. The van der Waals surface area contributed by atoms with Gasteiger partial charge in [0.05, 0.1) is 5.69 Å². The fraction of sp³-hybridized carbons (Fsp3) is 0.750. The second kappa shape index (κ2) is 5.53. The molecule has 0 fully saturated rings. The SMILES string of the molecule is CCCc1nnsc1C(=O)CCC(C)(C)C.